The predicted octanol–water partition coefficient (Wildman–Crippen LogP) is 3.01. The molecule has 116 valence electrons. The number of ether oxygens (including phenoxy) is 1. The van der Waals surface area contributed by atoms with Crippen molar-refractivity contribution in [1.82, 2.24) is 10.2 Å². The lowest BCUT2D eigenvalue weighted by atomic mass is 9.97. The van der Waals surface area contributed by atoms with E-state index in [-0.39, 0.29) is 5.72 Å². The van der Waals surface area contributed by atoms with Gasteiger partial charge in [-0.05, 0) is 57.2 Å². The average Bonchev–Trinajstić information content (AvgIpc) is 3.02. The fourth-order valence-corrected chi connectivity index (χ4v) is 3.59. The summed E-state index contributed by atoms with van der Waals surface area (Å²) in [5.74, 6) is 0.794. The van der Waals surface area contributed by atoms with Gasteiger partial charge in [-0.3, -0.25) is 4.90 Å². The van der Waals surface area contributed by atoms with Crippen LogP contribution in [0.15, 0.2) is 30.3 Å². The normalized spacial score (nSPS) is 30.6. The van der Waals surface area contributed by atoms with Crippen molar-refractivity contribution in [2.45, 2.75) is 44.9 Å². The van der Waals surface area contributed by atoms with Gasteiger partial charge in [0.05, 0.1) is 6.61 Å². The molecule has 0 bridgehead atoms. The number of benzene rings is 1. The van der Waals surface area contributed by atoms with Crippen molar-refractivity contribution in [3.63, 3.8) is 0 Å². The summed E-state index contributed by atoms with van der Waals surface area (Å²) in [7, 11) is 0. The van der Waals surface area contributed by atoms with Crippen LogP contribution < -0.4 is 5.32 Å². The van der Waals surface area contributed by atoms with E-state index in [1.807, 2.05) is 0 Å². The molecule has 0 radical (unpaired) electrons. The third kappa shape index (κ3) is 3.85. The van der Waals surface area contributed by atoms with Crippen molar-refractivity contribution < 1.29 is 4.74 Å². The van der Waals surface area contributed by atoms with Crippen LogP contribution in [0, 0.1) is 5.92 Å². The van der Waals surface area contributed by atoms with Gasteiger partial charge in [-0.1, -0.05) is 30.3 Å². The van der Waals surface area contributed by atoms with E-state index in [4.69, 9.17) is 4.74 Å². The molecule has 1 aromatic rings. The first-order valence-electron chi connectivity index (χ1n) is 8.40. The van der Waals surface area contributed by atoms with Crippen LogP contribution in [-0.2, 0) is 11.3 Å². The highest BCUT2D eigenvalue weighted by molar-refractivity contribution is 5.13. The molecule has 2 aliphatic rings. The first-order chi connectivity index (χ1) is 10.3. The van der Waals surface area contributed by atoms with E-state index >= 15 is 0 Å². The molecular formula is C18H28N2O. The summed E-state index contributed by atoms with van der Waals surface area (Å²) >= 11 is 0. The summed E-state index contributed by atoms with van der Waals surface area (Å²) < 4.78 is 6.38. The highest BCUT2D eigenvalue weighted by atomic mass is 16.5. The second-order valence-electron chi connectivity index (χ2n) is 6.71. The van der Waals surface area contributed by atoms with Gasteiger partial charge in [-0.15, -0.1) is 0 Å². The van der Waals surface area contributed by atoms with E-state index in [2.05, 4.69) is 47.5 Å². The zero-order valence-corrected chi connectivity index (χ0v) is 13.2. The van der Waals surface area contributed by atoms with Crippen LogP contribution in [0.3, 0.4) is 0 Å². The van der Waals surface area contributed by atoms with Crippen LogP contribution in [0.4, 0.5) is 0 Å². The third-order valence-corrected chi connectivity index (χ3v) is 5.02. The molecule has 0 spiro atoms. The maximum Gasteiger partial charge on any atom is 0.119 e. The fraction of sp³-hybridized carbons (Fsp3) is 0.667. The maximum absolute atomic E-state index is 6.38. The van der Waals surface area contributed by atoms with Crippen molar-refractivity contribution in [3.05, 3.63) is 35.9 Å². The second kappa shape index (κ2) is 6.91. The van der Waals surface area contributed by atoms with Crippen molar-refractivity contribution in [3.8, 4) is 0 Å². The molecule has 1 unspecified atom stereocenters. The van der Waals surface area contributed by atoms with E-state index in [9.17, 15) is 0 Å². The number of nitrogens with zero attached hydrogens (tertiary/aromatic N) is 1. The van der Waals surface area contributed by atoms with Gasteiger partial charge >= 0.3 is 0 Å². The number of hydrogen-bond acceptors (Lipinski definition) is 3. The Labute approximate surface area is 128 Å². The molecule has 21 heavy (non-hydrogen) atoms. The molecule has 2 aliphatic heterocycles. The van der Waals surface area contributed by atoms with Crippen molar-refractivity contribution >= 4 is 0 Å². The van der Waals surface area contributed by atoms with Gasteiger partial charge < -0.3 is 10.1 Å². The Morgan fingerprint density at radius 1 is 1.29 bits per heavy atom. The Morgan fingerprint density at radius 3 is 2.90 bits per heavy atom. The van der Waals surface area contributed by atoms with Crippen LogP contribution in [0.25, 0.3) is 0 Å². The first kappa shape index (κ1) is 15.0. The molecule has 1 N–H and O–H groups in total. The Hall–Kier alpha value is -0.900. The van der Waals surface area contributed by atoms with Gasteiger partial charge in [0.25, 0.3) is 0 Å². The van der Waals surface area contributed by atoms with E-state index in [0.717, 1.165) is 18.9 Å². The fourth-order valence-electron chi connectivity index (χ4n) is 3.59. The molecule has 3 rings (SSSR count). The van der Waals surface area contributed by atoms with Gasteiger partial charge in [0.1, 0.15) is 5.72 Å². The Balaban J connectivity index is 1.60. The summed E-state index contributed by atoms with van der Waals surface area (Å²) in [5, 5.41) is 3.48. The van der Waals surface area contributed by atoms with Crippen LogP contribution >= 0.6 is 0 Å². The SMILES string of the molecule is CC1(OCc2ccccc2)CCCCN1C[C@@H]1CCNC1. The smallest absolute Gasteiger partial charge is 0.119 e. The van der Waals surface area contributed by atoms with Gasteiger partial charge in [-0.2, -0.15) is 0 Å². The minimum Gasteiger partial charge on any atom is -0.356 e. The number of likely N-dealkylation sites (tertiary alicyclic amines) is 1. The molecule has 2 atom stereocenters. The Bertz CT molecular complexity index is 430. The number of piperidine rings is 1. The molecular weight excluding hydrogens is 260 g/mol. The highest BCUT2D eigenvalue weighted by Crippen LogP contribution is 2.31. The largest absolute Gasteiger partial charge is 0.356 e. The Morgan fingerprint density at radius 2 is 2.14 bits per heavy atom. The number of nitrogens with one attached hydrogen (secondary N) is 1. The molecule has 3 nitrogen and oxygen atoms in total. The predicted molar refractivity (Wildman–Crippen MR) is 86.0 cm³/mol. The van der Waals surface area contributed by atoms with Crippen LogP contribution in [-0.4, -0.2) is 36.8 Å². The van der Waals surface area contributed by atoms with Crippen LogP contribution in [0.1, 0.15) is 38.2 Å². The summed E-state index contributed by atoms with van der Waals surface area (Å²) in [6, 6.07) is 10.5. The Kier molecular flexibility index (Phi) is 4.94. The molecule has 0 aliphatic carbocycles. The van der Waals surface area contributed by atoms with Gasteiger partial charge in [-0.25, -0.2) is 0 Å². The molecule has 1 aromatic carbocycles. The van der Waals surface area contributed by atoms with Crippen LogP contribution in [0.2, 0.25) is 0 Å². The molecule has 2 fully saturated rings. The topological polar surface area (TPSA) is 24.5 Å². The number of rotatable bonds is 5. The monoisotopic (exact) mass is 288 g/mol. The molecule has 3 heteroatoms. The summed E-state index contributed by atoms with van der Waals surface area (Å²) in [6.45, 7) is 7.72. The van der Waals surface area contributed by atoms with Crippen molar-refractivity contribution in [2.24, 2.45) is 5.92 Å². The second-order valence-corrected chi connectivity index (χ2v) is 6.71. The zero-order valence-electron chi connectivity index (χ0n) is 13.2. The quantitative estimate of drug-likeness (QED) is 0.901. The van der Waals surface area contributed by atoms with E-state index < -0.39 is 0 Å². The number of hydrogen-bond donors (Lipinski definition) is 1. The molecule has 0 aromatic heterocycles. The van der Waals surface area contributed by atoms with Gasteiger partial charge in [0.2, 0.25) is 0 Å². The standard InChI is InChI=1S/C18H28N2O/c1-18(21-15-16-7-3-2-4-8-16)10-5-6-12-20(18)14-17-9-11-19-13-17/h2-4,7-8,17,19H,5-6,9-15H2,1H3/t17-,18?/m1/s1. The minimum atomic E-state index is -0.0866. The molecule has 2 saturated heterocycles. The first-order valence-corrected chi connectivity index (χ1v) is 8.40. The third-order valence-electron chi connectivity index (χ3n) is 5.02. The maximum atomic E-state index is 6.38. The average molecular weight is 288 g/mol. The lowest BCUT2D eigenvalue weighted by Gasteiger charge is -2.45. The van der Waals surface area contributed by atoms with Crippen molar-refractivity contribution in [1.29, 1.82) is 0 Å². The van der Waals surface area contributed by atoms with Gasteiger partial charge in [0, 0.05) is 13.1 Å². The lowest BCUT2D eigenvalue weighted by Crippen LogP contribution is -2.53. The van der Waals surface area contributed by atoms with E-state index in [1.54, 1.807) is 0 Å². The van der Waals surface area contributed by atoms with Crippen molar-refractivity contribution in [2.75, 3.05) is 26.2 Å². The van der Waals surface area contributed by atoms with Crippen LogP contribution in [0.5, 0.6) is 0 Å². The zero-order chi connectivity index (χ0) is 14.5. The highest BCUT2D eigenvalue weighted by Gasteiger charge is 2.36. The van der Waals surface area contributed by atoms with E-state index in [0.29, 0.717) is 0 Å². The van der Waals surface area contributed by atoms with Gasteiger partial charge in [0.15, 0.2) is 0 Å². The minimum absolute atomic E-state index is 0.0866. The summed E-state index contributed by atoms with van der Waals surface area (Å²) in [6.07, 6.45) is 5.06. The molecule has 2 heterocycles. The lowest BCUT2D eigenvalue weighted by molar-refractivity contribution is -0.174. The molecule has 0 amide bonds. The van der Waals surface area contributed by atoms with E-state index in [1.165, 1.54) is 51.0 Å². The molecule has 0 saturated carbocycles. The summed E-state index contributed by atoms with van der Waals surface area (Å²) in [4.78, 5) is 2.59. The summed E-state index contributed by atoms with van der Waals surface area (Å²) in [5.41, 5.74) is 1.18.